The van der Waals surface area contributed by atoms with Gasteiger partial charge in [0.25, 0.3) is 0 Å². The molecule has 3 unspecified atom stereocenters. The number of ether oxygens (including phenoxy) is 1. The zero-order valence-electron chi connectivity index (χ0n) is 12.1. The number of rotatable bonds is 8. The molecule has 0 spiro atoms. The highest BCUT2D eigenvalue weighted by molar-refractivity contribution is 4.82. The summed E-state index contributed by atoms with van der Waals surface area (Å²) < 4.78 is 5.73. The summed E-state index contributed by atoms with van der Waals surface area (Å²) in [7, 11) is 0. The zero-order chi connectivity index (χ0) is 14.3. The van der Waals surface area contributed by atoms with Gasteiger partial charge in [-0.05, 0) is 25.7 Å². The van der Waals surface area contributed by atoms with Gasteiger partial charge in [0.05, 0.1) is 37.6 Å². The van der Waals surface area contributed by atoms with Crippen LogP contribution in [0.1, 0.15) is 39.5 Å². The van der Waals surface area contributed by atoms with Crippen LogP contribution in [0.15, 0.2) is 0 Å². The average Bonchev–Trinajstić information content (AvgIpc) is 2.42. The van der Waals surface area contributed by atoms with E-state index in [0.29, 0.717) is 19.1 Å². The summed E-state index contributed by atoms with van der Waals surface area (Å²) in [4.78, 5) is 0. The van der Waals surface area contributed by atoms with Crippen molar-refractivity contribution in [1.29, 1.82) is 0 Å². The van der Waals surface area contributed by atoms with Crippen molar-refractivity contribution in [1.82, 2.24) is 5.32 Å². The van der Waals surface area contributed by atoms with E-state index in [1.165, 1.54) is 12.8 Å². The first kappa shape index (κ1) is 16.9. The normalized spacial score (nSPS) is 26.4. The van der Waals surface area contributed by atoms with Crippen LogP contribution in [0.4, 0.5) is 0 Å². The van der Waals surface area contributed by atoms with Crippen molar-refractivity contribution in [2.24, 2.45) is 5.92 Å². The van der Waals surface area contributed by atoms with Crippen LogP contribution in [-0.2, 0) is 4.74 Å². The maximum atomic E-state index is 9.85. The first-order chi connectivity index (χ1) is 8.99. The Morgan fingerprint density at radius 2 is 2.00 bits per heavy atom. The van der Waals surface area contributed by atoms with Gasteiger partial charge in [0.2, 0.25) is 0 Å². The lowest BCUT2D eigenvalue weighted by molar-refractivity contribution is -0.0341. The third-order valence-corrected chi connectivity index (χ3v) is 3.88. The van der Waals surface area contributed by atoms with Crippen molar-refractivity contribution in [3.8, 4) is 0 Å². The van der Waals surface area contributed by atoms with Crippen LogP contribution >= 0.6 is 0 Å². The van der Waals surface area contributed by atoms with Crippen LogP contribution in [0.3, 0.4) is 0 Å². The van der Waals surface area contributed by atoms with Crippen molar-refractivity contribution in [2.45, 2.75) is 57.3 Å². The quantitative estimate of drug-likeness (QED) is 0.511. The molecule has 0 radical (unpaired) electrons. The monoisotopic (exact) mass is 275 g/mol. The van der Waals surface area contributed by atoms with Crippen molar-refractivity contribution in [2.75, 3.05) is 26.4 Å². The molecule has 0 heterocycles. The summed E-state index contributed by atoms with van der Waals surface area (Å²) in [6, 6.07) is 0. The molecule has 1 aliphatic rings. The van der Waals surface area contributed by atoms with Crippen LogP contribution in [0, 0.1) is 5.92 Å². The highest BCUT2D eigenvalue weighted by Crippen LogP contribution is 2.25. The van der Waals surface area contributed by atoms with E-state index < -0.39 is 11.6 Å². The Bertz CT molecular complexity index is 246. The molecule has 19 heavy (non-hydrogen) atoms. The summed E-state index contributed by atoms with van der Waals surface area (Å²) >= 11 is 0. The van der Waals surface area contributed by atoms with Crippen LogP contribution in [0.2, 0.25) is 0 Å². The van der Waals surface area contributed by atoms with Crippen molar-refractivity contribution >= 4 is 0 Å². The Hall–Kier alpha value is -0.200. The minimum absolute atomic E-state index is 0.169. The topological polar surface area (TPSA) is 82.0 Å². The molecule has 4 N–H and O–H groups in total. The van der Waals surface area contributed by atoms with Crippen molar-refractivity contribution in [3.05, 3.63) is 0 Å². The second-order valence-corrected chi connectivity index (χ2v) is 6.14. The van der Waals surface area contributed by atoms with Crippen LogP contribution in [0.25, 0.3) is 0 Å². The van der Waals surface area contributed by atoms with Gasteiger partial charge >= 0.3 is 0 Å². The predicted molar refractivity (Wildman–Crippen MR) is 74.0 cm³/mol. The Morgan fingerprint density at radius 3 is 2.58 bits per heavy atom. The zero-order valence-corrected chi connectivity index (χ0v) is 12.1. The number of hydrogen-bond acceptors (Lipinski definition) is 5. The molecule has 0 aromatic heterocycles. The average molecular weight is 275 g/mol. The number of β-amino-alcohol motifs (C(OH)–C–C–N with tert-alkyl or cyclic N) is 1. The molecule has 1 saturated carbocycles. The summed E-state index contributed by atoms with van der Waals surface area (Å²) in [6.45, 7) is 4.22. The fourth-order valence-electron chi connectivity index (χ4n) is 2.36. The summed E-state index contributed by atoms with van der Waals surface area (Å²) in [5.41, 5.74) is -0.750. The van der Waals surface area contributed by atoms with E-state index in [4.69, 9.17) is 14.9 Å². The molecule has 0 saturated heterocycles. The van der Waals surface area contributed by atoms with E-state index in [2.05, 4.69) is 12.2 Å². The Morgan fingerprint density at radius 1 is 1.32 bits per heavy atom. The second kappa shape index (κ2) is 8.17. The Balaban J connectivity index is 2.18. The van der Waals surface area contributed by atoms with Crippen LogP contribution in [-0.4, -0.2) is 59.4 Å². The molecule has 5 nitrogen and oxygen atoms in total. The lowest BCUT2D eigenvalue weighted by Crippen LogP contribution is -2.52. The minimum atomic E-state index is -0.750. The van der Waals surface area contributed by atoms with Gasteiger partial charge in [-0.15, -0.1) is 0 Å². The molecular formula is C14H29NO4. The molecule has 1 fully saturated rings. The number of aliphatic hydroxyl groups excluding tert-OH is 3. The maximum Gasteiger partial charge on any atom is 0.0898 e. The van der Waals surface area contributed by atoms with Gasteiger partial charge in [-0.3, -0.25) is 0 Å². The van der Waals surface area contributed by atoms with E-state index in [9.17, 15) is 5.11 Å². The van der Waals surface area contributed by atoms with Gasteiger partial charge < -0.3 is 25.4 Å². The highest BCUT2D eigenvalue weighted by Gasteiger charge is 2.24. The fourth-order valence-corrected chi connectivity index (χ4v) is 2.36. The van der Waals surface area contributed by atoms with E-state index in [-0.39, 0.29) is 19.3 Å². The van der Waals surface area contributed by atoms with Gasteiger partial charge in [0.15, 0.2) is 0 Å². The molecule has 0 amide bonds. The minimum Gasteiger partial charge on any atom is -0.394 e. The van der Waals surface area contributed by atoms with Gasteiger partial charge in [-0.1, -0.05) is 19.8 Å². The Labute approximate surface area is 116 Å². The molecule has 3 atom stereocenters. The van der Waals surface area contributed by atoms with E-state index >= 15 is 0 Å². The van der Waals surface area contributed by atoms with Crippen LogP contribution in [0.5, 0.6) is 0 Å². The number of aliphatic hydroxyl groups is 3. The smallest absolute Gasteiger partial charge is 0.0898 e. The summed E-state index contributed by atoms with van der Waals surface area (Å²) in [5.74, 6) is 0.709. The van der Waals surface area contributed by atoms with Crippen molar-refractivity contribution < 1.29 is 20.1 Å². The molecule has 1 aliphatic carbocycles. The van der Waals surface area contributed by atoms with Gasteiger partial charge in [-0.25, -0.2) is 0 Å². The molecule has 0 aromatic rings. The molecule has 0 aromatic carbocycles. The number of hydrogen-bond donors (Lipinski definition) is 4. The Kier molecular flexibility index (Phi) is 7.25. The molecule has 0 bridgehead atoms. The molecular weight excluding hydrogens is 246 g/mol. The molecule has 114 valence electrons. The fraction of sp³-hybridized carbons (Fsp3) is 1.00. The molecule has 1 rings (SSSR count). The number of nitrogens with one attached hydrogen (secondary N) is 1. The van der Waals surface area contributed by atoms with Crippen molar-refractivity contribution in [3.63, 3.8) is 0 Å². The van der Waals surface area contributed by atoms with E-state index in [1.54, 1.807) is 6.92 Å². The molecule has 5 heteroatoms. The van der Waals surface area contributed by atoms with Crippen LogP contribution < -0.4 is 5.32 Å². The first-order valence-corrected chi connectivity index (χ1v) is 7.25. The summed E-state index contributed by atoms with van der Waals surface area (Å²) in [6.07, 6.45) is 4.28. The lowest BCUT2D eigenvalue weighted by atomic mass is 9.89. The second-order valence-electron chi connectivity index (χ2n) is 6.14. The standard InChI is InChI=1S/C14H29NO4/c1-11-4-3-5-13(6-11)19-8-12(18)7-15-14(2,9-16)10-17/h11-13,15-18H,3-10H2,1-2H3. The molecule has 0 aliphatic heterocycles. The summed E-state index contributed by atoms with van der Waals surface area (Å²) in [5, 5.41) is 31.1. The van der Waals surface area contributed by atoms with Gasteiger partial charge in [-0.2, -0.15) is 0 Å². The van der Waals surface area contributed by atoms with E-state index in [0.717, 1.165) is 12.8 Å². The highest BCUT2D eigenvalue weighted by atomic mass is 16.5. The third kappa shape index (κ3) is 6.19. The first-order valence-electron chi connectivity index (χ1n) is 7.25. The third-order valence-electron chi connectivity index (χ3n) is 3.88. The lowest BCUT2D eigenvalue weighted by Gasteiger charge is -2.29. The van der Waals surface area contributed by atoms with Gasteiger partial charge in [0.1, 0.15) is 0 Å². The van der Waals surface area contributed by atoms with Gasteiger partial charge in [0, 0.05) is 6.54 Å². The predicted octanol–water partition coefficient (Wildman–Crippen LogP) is 0.275. The maximum absolute atomic E-state index is 9.85. The SMILES string of the molecule is CC1CCCC(OCC(O)CNC(C)(CO)CO)C1. The largest absolute Gasteiger partial charge is 0.394 e. The van der Waals surface area contributed by atoms with E-state index in [1.807, 2.05) is 0 Å².